The van der Waals surface area contributed by atoms with Gasteiger partial charge in [0.25, 0.3) is 5.56 Å². The predicted octanol–water partition coefficient (Wildman–Crippen LogP) is -0.777. The zero-order valence-corrected chi connectivity index (χ0v) is 10.4. The summed E-state index contributed by atoms with van der Waals surface area (Å²) in [5.74, 6) is -0.0977. The van der Waals surface area contributed by atoms with Crippen LogP contribution in [0.1, 0.15) is 0 Å². The minimum absolute atomic E-state index is 0.205. The Kier molecular flexibility index (Phi) is 3.43. The number of halogens is 1. The zero-order valence-electron chi connectivity index (χ0n) is 8.85. The van der Waals surface area contributed by atoms with Gasteiger partial charge in [-0.1, -0.05) is 0 Å². The van der Waals surface area contributed by atoms with E-state index in [0.717, 1.165) is 0 Å². The quantitative estimate of drug-likeness (QED) is 0.746. The van der Waals surface area contributed by atoms with Crippen molar-refractivity contribution in [3.8, 4) is 0 Å². The molecule has 1 aromatic heterocycles. The number of aromatic nitrogens is 2. The van der Waals surface area contributed by atoms with Crippen LogP contribution in [-0.2, 0) is 9.53 Å². The van der Waals surface area contributed by atoms with Crippen molar-refractivity contribution in [3.63, 3.8) is 0 Å². The van der Waals surface area contributed by atoms with Crippen molar-refractivity contribution in [2.24, 2.45) is 5.73 Å². The first-order chi connectivity index (χ1) is 8.11. The molecular formula is C9H11BrN4O3. The summed E-state index contributed by atoms with van der Waals surface area (Å²) in [5, 5.41) is 0. The Labute approximate surface area is 105 Å². The van der Waals surface area contributed by atoms with Crippen LogP contribution in [0.4, 0.5) is 5.82 Å². The first-order valence-corrected chi connectivity index (χ1v) is 5.77. The van der Waals surface area contributed by atoms with Crippen molar-refractivity contribution in [1.82, 2.24) is 9.97 Å². The average Bonchev–Trinajstić information content (AvgIpc) is 2.33. The molecule has 1 aliphatic rings. The Bertz CT molecular complexity index is 489. The van der Waals surface area contributed by atoms with Gasteiger partial charge in [-0.05, 0) is 15.9 Å². The third kappa shape index (κ3) is 2.32. The molecule has 7 nitrogen and oxygen atoms in total. The number of amides is 1. The predicted molar refractivity (Wildman–Crippen MR) is 63.7 cm³/mol. The van der Waals surface area contributed by atoms with Gasteiger partial charge < -0.3 is 20.4 Å². The number of morpholine rings is 1. The van der Waals surface area contributed by atoms with Crippen LogP contribution in [0.3, 0.4) is 0 Å². The maximum atomic E-state index is 11.4. The number of hydrogen-bond donors (Lipinski definition) is 2. The largest absolute Gasteiger partial charge is 0.377 e. The highest BCUT2D eigenvalue weighted by Crippen LogP contribution is 2.22. The number of H-pyrrole nitrogens is 1. The summed E-state index contributed by atoms with van der Waals surface area (Å²) in [6, 6.07) is -0.602. The summed E-state index contributed by atoms with van der Waals surface area (Å²) in [6.45, 7) is 1.13. The van der Waals surface area contributed by atoms with Crippen LogP contribution in [-0.4, -0.2) is 41.7 Å². The summed E-state index contributed by atoms with van der Waals surface area (Å²) in [7, 11) is 0. The molecule has 1 saturated heterocycles. The van der Waals surface area contributed by atoms with Crippen molar-refractivity contribution in [2.45, 2.75) is 6.04 Å². The zero-order chi connectivity index (χ0) is 12.4. The van der Waals surface area contributed by atoms with E-state index in [-0.39, 0.29) is 16.6 Å². The van der Waals surface area contributed by atoms with Gasteiger partial charge in [0.1, 0.15) is 10.5 Å². The first-order valence-electron chi connectivity index (χ1n) is 4.98. The van der Waals surface area contributed by atoms with Crippen molar-refractivity contribution >= 4 is 27.7 Å². The fraction of sp³-hybridized carbons (Fsp3) is 0.444. The molecule has 1 aliphatic heterocycles. The number of hydrogen-bond acceptors (Lipinski definition) is 5. The molecule has 3 N–H and O–H groups in total. The molecule has 1 unspecified atom stereocenters. The second-order valence-electron chi connectivity index (χ2n) is 3.56. The smallest absolute Gasteiger partial charge is 0.267 e. The molecule has 1 aromatic rings. The van der Waals surface area contributed by atoms with Gasteiger partial charge in [0.15, 0.2) is 5.82 Å². The monoisotopic (exact) mass is 302 g/mol. The molecule has 0 aromatic carbocycles. The SMILES string of the molecule is NC(=O)C1COCCN1c1nc[nH]c(=O)c1Br. The third-order valence-corrected chi connectivity index (χ3v) is 3.22. The Morgan fingerprint density at radius 1 is 1.71 bits per heavy atom. The molecule has 0 aliphatic carbocycles. The van der Waals surface area contributed by atoms with Gasteiger partial charge in [0.2, 0.25) is 5.91 Å². The van der Waals surface area contributed by atoms with Gasteiger partial charge in [-0.3, -0.25) is 9.59 Å². The molecule has 0 bridgehead atoms. The summed E-state index contributed by atoms with van der Waals surface area (Å²) >= 11 is 3.15. The van der Waals surface area contributed by atoms with E-state index >= 15 is 0 Å². The van der Waals surface area contributed by atoms with E-state index in [4.69, 9.17) is 10.5 Å². The summed E-state index contributed by atoms with van der Waals surface area (Å²) in [4.78, 5) is 30.9. The van der Waals surface area contributed by atoms with E-state index in [1.54, 1.807) is 4.90 Å². The lowest BCUT2D eigenvalue weighted by Crippen LogP contribution is -2.53. The van der Waals surface area contributed by atoms with E-state index in [1.165, 1.54) is 6.33 Å². The summed E-state index contributed by atoms with van der Waals surface area (Å²) in [6.07, 6.45) is 1.29. The molecular weight excluding hydrogens is 292 g/mol. The van der Waals surface area contributed by atoms with Gasteiger partial charge in [-0.2, -0.15) is 0 Å². The number of ether oxygens (including phenoxy) is 1. The third-order valence-electron chi connectivity index (χ3n) is 2.51. The molecule has 0 spiro atoms. The standard InChI is InChI=1S/C9H11BrN4O3/c10-6-8(12-4-13-9(6)16)14-1-2-17-3-5(14)7(11)15/h4-5H,1-3H2,(H2,11,15)(H,12,13,16). The van der Waals surface area contributed by atoms with E-state index in [1.807, 2.05) is 0 Å². The number of aromatic amines is 1. The average molecular weight is 303 g/mol. The normalized spacial score (nSPS) is 20.3. The van der Waals surface area contributed by atoms with E-state index < -0.39 is 11.9 Å². The topological polar surface area (TPSA) is 101 Å². The lowest BCUT2D eigenvalue weighted by Gasteiger charge is -2.34. The van der Waals surface area contributed by atoms with Crippen LogP contribution in [0, 0.1) is 0 Å². The lowest BCUT2D eigenvalue weighted by molar-refractivity contribution is -0.121. The minimum atomic E-state index is -0.602. The van der Waals surface area contributed by atoms with Gasteiger partial charge in [-0.15, -0.1) is 0 Å². The van der Waals surface area contributed by atoms with Gasteiger partial charge in [-0.25, -0.2) is 4.98 Å². The second kappa shape index (κ2) is 4.84. The van der Waals surface area contributed by atoms with Crippen LogP contribution in [0.5, 0.6) is 0 Å². The van der Waals surface area contributed by atoms with Crippen LogP contribution in [0.2, 0.25) is 0 Å². The number of primary amides is 1. The number of rotatable bonds is 2. The fourth-order valence-electron chi connectivity index (χ4n) is 1.67. The Morgan fingerprint density at radius 2 is 2.47 bits per heavy atom. The van der Waals surface area contributed by atoms with E-state index in [0.29, 0.717) is 19.0 Å². The number of nitrogens with two attached hydrogens (primary N) is 1. The highest BCUT2D eigenvalue weighted by Gasteiger charge is 2.30. The number of carbonyl (C=O) groups excluding carboxylic acids is 1. The minimum Gasteiger partial charge on any atom is -0.377 e. The molecule has 0 saturated carbocycles. The van der Waals surface area contributed by atoms with E-state index in [2.05, 4.69) is 25.9 Å². The maximum absolute atomic E-state index is 11.4. The van der Waals surface area contributed by atoms with Crippen LogP contribution in [0.15, 0.2) is 15.6 Å². The first kappa shape index (κ1) is 12.1. The van der Waals surface area contributed by atoms with Gasteiger partial charge in [0.05, 0.1) is 19.5 Å². The maximum Gasteiger partial charge on any atom is 0.267 e. The Hall–Kier alpha value is -1.41. The molecule has 2 heterocycles. The van der Waals surface area contributed by atoms with E-state index in [9.17, 15) is 9.59 Å². The van der Waals surface area contributed by atoms with Gasteiger partial charge >= 0.3 is 0 Å². The lowest BCUT2D eigenvalue weighted by atomic mass is 10.2. The fourth-order valence-corrected chi connectivity index (χ4v) is 2.11. The van der Waals surface area contributed by atoms with Crippen molar-refractivity contribution in [3.05, 3.63) is 21.2 Å². The number of nitrogens with one attached hydrogen (secondary N) is 1. The molecule has 1 atom stereocenters. The molecule has 92 valence electrons. The molecule has 8 heteroatoms. The second-order valence-corrected chi connectivity index (χ2v) is 4.35. The van der Waals surface area contributed by atoms with Crippen molar-refractivity contribution < 1.29 is 9.53 Å². The highest BCUT2D eigenvalue weighted by atomic mass is 79.9. The van der Waals surface area contributed by atoms with Crippen LogP contribution in [0.25, 0.3) is 0 Å². The molecule has 2 rings (SSSR count). The van der Waals surface area contributed by atoms with Crippen molar-refractivity contribution in [2.75, 3.05) is 24.7 Å². The Balaban J connectivity index is 2.39. The number of anilines is 1. The molecule has 1 amide bonds. The molecule has 1 fully saturated rings. The Morgan fingerprint density at radius 3 is 3.18 bits per heavy atom. The molecule has 17 heavy (non-hydrogen) atoms. The molecule has 0 radical (unpaired) electrons. The summed E-state index contributed by atoms with van der Waals surface area (Å²) in [5.41, 5.74) is 4.99. The number of carbonyl (C=O) groups is 1. The number of nitrogens with zero attached hydrogens (tertiary/aromatic N) is 2. The van der Waals surface area contributed by atoms with Crippen molar-refractivity contribution in [1.29, 1.82) is 0 Å². The van der Waals surface area contributed by atoms with Gasteiger partial charge in [0, 0.05) is 6.54 Å². The highest BCUT2D eigenvalue weighted by molar-refractivity contribution is 9.10. The van der Waals surface area contributed by atoms with Crippen LogP contribution >= 0.6 is 15.9 Å². The van der Waals surface area contributed by atoms with Crippen LogP contribution < -0.4 is 16.2 Å². The summed E-state index contributed by atoms with van der Waals surface area (Å²) < 4.78 is 5.48.